The van der Waals surface area contributed by atoms with E-state index in [9.17, 15) is 4.79 Å². The molecule has 3 fully saturated rings. The van der Waals surface area contributed by atoms with E-state index in [0.717, 1.165) is 37.3 Å². The summed E-state index contributed by atoms with van der Waals surface area (Å²) in [6.45, 7) is 2.02. The molecule has 25 heavy (non-hydrogen) atoms. The molecular weight excluding hydrogens is 359 g/mol. The van der Waals surface area contributed by atoms with Crippen LogP contribution in [0.5, 0.6) is 0 Å². The zero-order valence-corrected chi connectivity index (χ0v) is 16.1. The van der Waals surface area contributed by atoms with Crippen LogP contribution in [0, 0.1) is 0 Å². The Morgan fingerprint density at radius 1 is 1.12 bits per heavy atom. The van der Waals surface area contributed by atoms with E-state index in [1.807, 2.05) is 12.1 Å². The van der Waals surface area contributed by atoms with Gasteiger partial charge >= 0.3 is 0 Å². The van der Waals surface area contributed by atoms with Gasteiger partial charge in [-0.15, -0.1) is 24.8 Å². The van der Waals surface area contributed by atoms with Crippen molar-refractivity contribution in [1.29, 1.82) is 0 Å². The average Bonchev–Trinajstić information content (AvgIpc) is 2.94. The highest BCUT2D eigenvalue weighted by atomic mass is 35.5. The van der Waals surface area contributed by atoms with Gasteiger partial charge < -0.3 is 15.5 Å². The molecule has 4 heterocycles. The molecule has 0 aromatic carbocycles. The predicted octanol–water partition coefficient (Wildman–Crippen LogP) is 2.93. The Bertz CT molecular complexity index is 568. The van der Waals surface area contributed by atoms with Crippen LogP contribution < -0.4 is 15.5 Å². The second kappa shape index (κ2) is 9.06. The molecule has 3 aliphatic heterocycles. The SMILES string of the molecule is Cl.Cl.O=C(NC1CC2CCC(C1)N2)c1cccnc1N1CCCCC1. The third kappa shape index (κ3) is 4.57. The number of nitrogens with one attached hydrogen (secondary N) is 2. The minimum atomic E-state index is 0. The van der Waals surface area contributed by atoms with Crippen LogP contribution in [0.1, 0.15) is 55.3 Å². The van der Waals surface area contributed by atoms with Crippen molar-refractivity contribution in [3.05, 3.63) is 23.9 Å². The van der Waals surface area contributed by atoms with E-state index in [0.29, 0.717) is 18.1 Å². The van der Waals surface area contributed by atoms with Gasteiger partial charge in [0, 0.05) is 37.4 Å². The fourth-order valence-electron chi connectivity index (χ4n) is 4.37. The second-order valence-electron chi connectivity index (χ2n) is 7.20. The number of hydrogen-bond donors (Lipinski definition) is 2. The summed E-state index contributed by atoms with van der Waals surface area (Å²) in [6.07, 6.45) is 10.1. The van der Waals surface area contributed by atoms with Crippen LogP contribution in [0.25, 0.3) is 0 Å². The van der Waals surface area contributed by atoms with Crippen LogP contribution in [0.15, 0.2) is 18.3 Å². The molecular formula is C18H28Cl2N4O. The first-order valence-corrected chi connectivity index (χ1v) is 9.06. The molecule has 3 aliphatic rings. The normalized spacial score (nSPS) is 27.8. The predicted molar refractivity (Wildman–Crippen MR) is 105 cm³/mol. The van der Waals surface area contributed by atoms with Crippen LogP contribution >= 0.6 is 24.8 Å². The molecule has 0 saturated carbocycles. The highest BCUT2D eigenvalue weighted by Crippen LogP contribution is 2.27. The average molecular weight is 387 g/mol. The third-order valence-corrected chi connectivity index (χ3v) is 5.50. The van der Waals surface area contributed by atoms with Gasteiger partial charge in [-0.1, -0.05) is 0 Å². The lowest BCUT2D eigenvalue weighted by atomic mass is 9.99. The highest BCUT2D eigenvalue weighted by Gasteiger charge is 2.34. The Kier molecular flexibility index (Phi) is 7.35. The first-order valence-electron chi connectivity index (χ1n) is 9.06. The summed E-state index contributed by atoms with van der Waals surface area (Å²) in [5.74, 6) is 0.909. The molecule has 0 aliphatic carbocycles. The Morgan fingerprint density at radius 2 is 1.80 bits per heavy atom. The summed E-state index contributed by atoms with van der Waals surface area (Å²) in [7, 11) is 0. The quantitative estimate of drug-likeness (QED) is 0.838. The Balaban J connectivity index is 0.00000113. The number of rotatable bonds is 3. The Hall–Kier alpha value is -1.04. The van der Waals surface area contributed by atoms with Gasteiger partial charge in [0.05, 0.1) is 5.56 Å². The summed E-state index contributed by atoms with van der Waals surface area (Å²) >= 11 is 0. The zero-order chi connectivity index (χ0) is 15.6. The fraction of sp³-hybridized carbons (Fsp3) is 0.667. The largest absolute Gasteiger partial charge is 0.356 e. The van der Waals surface area contributed by atoms with E-state index >= 15 is 0 Å². The minimum Gasteiger partial charge on any atom is -0.356 e. The van der Waals surface area contributed by atoms with E-state index in [1.54, 1.807) is 6.20 Å². The van der Waals surface area contributed by atoms with E-state index in [-0.39, 0.29) is 30.7 Å². The summed E-state index contributed by atoms with van der Waals surface area (Å²) in [5, 5.41) is 6.89. The number of amides is 1. The summed E-state index contributed by atoms with van der Waals surface area (Å²) in [5.41, 5.74) is 0.736. The van der Waals surface area contributed by atoms with Crippen molar-refractivity contribution >= 4 is 36.5 Å². The standard InChI is InChI=1S/C18H26N4O.2ClH/c23-18(21-15-11-13-6-7-14(12-15)20-13)16-5-4-8-19-17(16)22-9-2-1-3-10-22;;/h4-5,8,13-15,20H,1-3,6-7,9-12H2,(H,21,23);2*1H. The van der Waals surface area contributed by atoms with Crippen molar-refractivity contribution in [3.8, 4) is 0 Å². The number of piperidine rings is 2. The number of carbonyl (C=O) groups excluding carboxylic acids is 1. The van der Waals surface area contributed by atoms with Crippen LogP contribution in [0.4, 0.5) is 5.82 Å². The Morgan fingerprint density at radius 3 is 2.48 bits per heavy atom. The van der Waals surface area contributed by atoms with Gasteiger partial charge in [0.15, 0.2) is 0 Å². The molecule has 7 heteroatoms. The lowest BCUT2D eigenvalue weighted by Crippen LogP contribution is -2.48. The van der Waals surface area contributed by atoms with Gasteiger partial charge in [-0.2, -0.15) is 0 Å². The van der Waals surface area contributed by atoms with Gasteiger partial charge in [0.25, 0.3) is 5.91 Å². The van der Waals surface area contributed by atoms with Gasteiger partial charge in [-0.25, -0.2) is 4.98 Å². The van der Waals surface area contributed by atoms with Crippen molar-refractivity contribution in [2.24, 2.45) is 0 Å². The highest BCUT2D eigenvalue weighted by molar-refractivity contribution is 5.99. The third-order valence-electron chi connectivity index (χ3n) is 5.50. The number of pyridine rings is 1. The Labute approximate surface area is 162 Å². The topological polar surface area (TPSA) is 57.3 Å². The molecule has 140 valence electrons. The number of hydrogen-bond acceptors (Lipinski definition) is 4. The van der Waals surface area contributed by atoms with E-state index < -0.39 is 0 Å². The van der Waals surface area contributed by atoms with Crippen LogP contribution in [-0.2, 0) is 0 Å². The first-order chi connectivity index (χ1) is 11.3. The molecule has 1 amide bonds. The maximum absolute atomic E-state index is 12.8. The van der Waals surface area contributed by atoms with Crippen LogP contribution in [0.3, 0.4) is 0 Å². The molecule has 2 N–H and O–H groups in total. The van der Waals surface area contributed by atoms with Gasteiger partial charge in [-0.3, -0.25) is 4.79 Å². The fourth-order valence-corrected chi connectivity index (χ4v) is 4.37. The van der Waals surface area contributed by atoms with Crippen LogP contribution in [0.2, 0.25) is 0 Å². The number of carbonyl (C=O) groups is 1. The molecule has 1 aromatic rings. The molecule has 2 atom stereocenters. The molecule has 2 bridgehead atoms. The van der Waals surface area contributed by atoms with Gasteiger partial charge in [-0.05, 0) is 57.1 Å². The number of anilines is 1. The monoisotopic (exact) mass is 386 g/mol. The number of halogens is 2. The van der Waals surface area contributed by atoms with E-state index in [4.69, 9.17) is 0 Å². The van der Waals surface area contributed by atoms with Crippen molar-refractivity contribution in [2.75, 3.05) is 18.0 Å². The summed E-state index contributed by atoms with van der Waals surface area (Å²) in [4.78, 5) is 19.6. The molecule has 5 nitrogen and oxygen atoms in total. The number of nitrogens with zero attached hydrogens (tertiary/aromatic N) is 2. The maximum atomic E-state index is 12.8. The van der Waals surface area contributed by atoms with E-state index in [2.05, 4.69) is 20.5 Å². The van der Waals surface area contributed by atoms with Crippen molar-refractivity contribution in [3.63, 3.8) is 0 Å². The van der Waals surface area contributed by atoms with Gasteiger partial charge in [0.1, 0.15) is 5.82 Å². The summed E-state index contributed by atoms with van der Waals surface area (Å²) in [6, 6.07) is 5.27. The zero-order valence-electron chi connectivity index (χ0n) is 14.4. The number of aromatic nitrogens is 1. The molecule has 4 rings (SSSR count). The molecule has 0 spiro atoms. The van der Waals surface area contributed by atoms with Crippen molar-refractivity contribution in [2.45, 2.75) is 63.1 Å². The smallest absolute Gasteiger partial charge is 0.255 e. The first kappa shape index (κ1) is 20.3. The lowest BCUT2D eigenvalue weighted by Gasteiger charge is -2.31. The van der Waals surface area contributed by atoms with Crippen LogP contribution in [-0.4, -0.2) is 42.1 Å². The molecule has 3 saturated heterocycles. The van der Waals surface area contributed by atoms with E-state index in [1.165, 1.54) is 32.1 Å². The lowest BCUT2D eigenvalue weighted by molar-refractivity contribution is 0.0924. The molecule has 0 radical (unpaired) electrons. The van der Waals surface area contributed by atoms with Crippen molar-refractivity contribution in [1.82, 2.24) is 15.6 Å². The molecule has 2 unspecified atom stereocenters. The molecule has 1 aromatic heterocycles. The number of fused-ring (bicyclic) bond motifs is 2. The van der Waals surface area contributed by atoms with Gasteiger partial charge in [0.2, 0.25) is 0 Å². The second-order valence-corrected chi connectivity index (χ2v) is 7.20. The minimum absolute atomic E-state index is 0. The maximum Gasteiger partial charge on any atom is 0.255 e. The summed E-state index contributed by atoms with van der Waals surface area (Å²) < 4.78 is 0. The van der Waals surface area contributed by atoms with Crippen molar-refractivity contribution < 1.29 is 4.79 Å².